The van der Waals surface area contributed by atoms with E-state index in [0.717, 1.165) is 61.4 Å². The van der Waals surface area contributed by atoms with Gasteiger partial charge in [-0.1, -0.05) is 12.1 Å². The Kier molecular flexibility index (Phi) is 7.62. The highest BCUT2D eigenvalue weighted by Crippen LogP contribution is 2.39. The topological polar surface area (TPSA) is 119 Å². The quantitative estimate of drug-likeness (QED) is 0.585. The standard InChI is InChI=1S/C23H32N4O3.CH2O2/c1-15-5-4-6-18-23(15)25-21(24-18)13-30-14-22(29)27-11-16-9-19(26-7-2-3-8-26)20(28)10-17(16)12-27;2-1-3/h4-6,16-17,19-20,28H,2-3,7-14H2,1H3,(H,24,25);1H,(H,2,3)/t16-,17+,19-,20-;/m1./s1. The van der Waals surface area contributed by atoms with Crippen LogP contribution in [0.5, 0.6) is 0 Å². The second kappa shape index (κ2) is 10.6. The highest BCUT2D eigenvalue weighted by Gasteiger charge is 2.44. The van der Waals surface area contributed by atoms with Crippen LogP contribution in [0, 0.1) is 18.8 Å². The number of nitrogens with zero attached hydrogens (tertiary/aromatic N) is 3. The van der Waals surface area contributed by atoms with Crippen LogP contribution in [0.3, 0.4) is 0 Å². The number of aryl methyl sites for hydroxylation is 1. The second-order valence-electron chi connectivity index (χ2n) is 9.42. The van der Waals surface area contributed by atoms with Crippen LogP contribution in [0.4, 0.5) is 0 Å². The van der Waals surface area contributed by atoms with Crippen molar-refractivity contribution in [2.75, 3.05) is 32.8 Å². The van der Waals surface area contributed by atoms with Gasteiger partial charge >= 0.3 is 0 Å². The monoisotopic (exact) mass is 458 g/mol. The van der Waals surface area contributed by atoms with Crippen LogP contribution in [0.2, 0.25) is 0 Å². The van der Waals surface area contributed by atoms with Gasteiger partial charge < -0.3 is 24.8 Å². The fourth-order valence-corrected chi connectivity index (χ4v) is 5.70. The minimum absolute atomic E-state index is 0.0453. The molecule has 0 unspecified atom stereocenters. The van der Waals surface area contributed by atoms with Crippen molar-refractivity contribution in [3.05, 3.63) is 29.6 Å². The van der Waals surface area contributed by atoms with Gasteiger partial charge in [0.1, 0.15) is 19.0 Å². The lowest BCUT2D eigenvalue weighted by molar-refractivity contribution is -0.135. The number of nitrogens with one attached hydrogen (secondary N) is 1. The van der Waals surface area contributed by atoms with Crippen LogP contribution < -0.4 is 0 Å². The second-order valence-corrected chi connectivity index (χ2v) is 9.42. The summed E-state index contributed by atoms with van der Waals surface area (Å²) in [5.74, 6) is 1.71. The number of para-hydroxylation sites is 1. The number of carbonyl (C=O) groups is 2. The van der Waals surface area contributed by atoms with Crippen molar-refractivity contribution in [2.45, 2.75) is 51.4 Å². The number of aromatic amines is 1. The Bertz CT molecular complexity index is 957. The SMILES string of the molecule is Cc1cccc2[nH]c(COCC(=O)N3C[C@H]4C[C@@H](N5CCCC5)[C@H](O)C[C@H]4C3)nc12.O=CO. The van der Waals surface area contributed by atoms with Crippen molar-refractivity contribution in [3.63, 3.8) is 0 Å². The summed E-state index contributed by atoms with van der Waals surface area (Å²) in [5.41, 5.74) is 3.08. The third-order valence-electron chi connectivity index (χ3n) is 7.30. The molecule has 3 heterocycles. The van der Waals surface area contributed by atoms with Gasteiger partial charge in [0.2, 0.25) is 5.91 Å². The van der Waals surface area contributed by atoms with Gasteiger partial charge in [-0.3, -0.25) is 14.5 Å². The van der Waals surface area contributed by atoms with Crippen molar-refractivity contribution in [3.8, 4) is 0 Å². The van der Waals surface area contributed by atoms with E-state index in [1.165, 1.54) is 12.8 Å². The maximum absolute atomic E-state index is 12.7. The highest BCUT2D eigenvalue weighted by atomic mass is 16.5. The number of ether oxygens (including phenoxy) is 1. The van der Waals surface area contributed by atoms with Crippen LogP contribution in [0.1, 0.15) is 37.1 Å². The Morgan fingerprint density at radius 3 is 2.64 bits per heavy atom. The van der Waals surface area contributed by atoms with E-state index in [9.17, 15) is 9.90 Å². The van der Waals surface area contributed by atoms with Gasteiger partial charge in [0.25, 0.3) is 6.47 Å². The van der Waals surface area contributed by atoms with E-state index in [4.69, 9.17) is 14.6 Å². The van der Waals surface area contributed by atoms with Crippen LogP contribution in [-0.2, 0) is 20.9 Å². The summed E-state index contributed by atoms with van der Waals surface area (Å²) in [5, 5.41) is 17.6. The maximum Gasteiger partial charge on any atom is 0.290 e. The number of imidazole rings is 1. The molecule has 3 aliphatic rings. The van der Waals surface area contributed by atoms with E-state index in [1.54, 1.807) is 0 Å². The van der Waals surface area contributed by atoms with Gasteiger partial charge in [0, 0.05) is 19.1 Å². The number of H-pyrrole nitrogens is 1. The zero-order valence-electron chi connectivity index (χ0n) is 19.2. The number of hydrogen-bond donors (Lipinski definition) is 3. The van der Waals surface area contributed by atoms with Gasteiger partial charge in [-0.2, -0.15) is 0 Å². The molecule has 4 atom stereocenters. The largest absolute Gasteiger partial charge is 0.483 e. The summed E-state index contributed by atoms with van der Waals surface area (Å²) >= 11 is 0. The van der Waals surface area contributed by atoms with Gasteiger partial charge in [0.15, 0.2) is 0 Å². The molecule has 33 heavy (non-hydrogen) atoms. The fraction of sp³-hybridized carbons (Fsp3) is 0.625. The summed E-state index contributed by atoms with van der Waals surface area (Å²) < 4.78 is 5.70. The van der Waals surface area contributed by atoms with Crippen molar-refractivity contribution < 1.29 is 24.5 Å². The van der Waals surface area contributed by atoms with Gasteiger partial charge in [-0.05, 0) is 69.2 Å². The maximum atomic E-state index is 12.7. The highest BCUT2D eigenvalue weighted by molar-refractivity contribution is 5.79. The van der Waals surface area contributed by atoms with Crippen molar-refractivity contribution in [2.24, 2.45) is 11.8 Å². The Balaban J connectivity index is 0.000000821. The summed E-state index contributed by atoms with van der Waals surface area (Å²) in [4.78, 5) is 33.3. The Morgan fingerprint density at radius 2 is 1.94 bits per heavy atom. The lowest BCUT2D eigenvalue weighted by atomic mass is 9.77. The molecule has 3 N–H and O–H groups in total. The number of aromatic nitrogens is 2. The average molecular weight is 459 g/mol. The predicted molar refractivity (Wildman–Crippen MR) is 123 cm³/mol. The third kappa shape index (κ3) is 5.37. The Morgan fingerprint density at radius 1 is 1.24 bits per heavy atom. The molecule has 1 aromatic heterocycles. The fourth-order valence-electron chi connectivity index (χ4n) is 5.70. The summed E-state index contributed by atoms with van der Waals surface area (Å²) in [6, 6.07) is 6.31. The number of amides is 1. The zero-order chi connectivity index (χ0) is 23.4. The van der Waals surface area contributed by atoms with Gasteiger partial charge in [0.05, 0.1) is 17.1 Å². The number of rotatable bonds is 5. The van der Waals surface area contributed by atoms with E-state index < -0.39 is 0 Å². The van der Waals surface area contributed by atoms with Gasteiger partial charge in [-0.25, -0.2) is 4.98 Å². The molecule has 3 fully saturated rings. The normalized spacial score (nSPS) is 27.3. The molecule has 0 spiro atoms. The van der Waals surface area contributed by atoms with Crippen LogP contribution in [0.25, 0.3) is 11.0 Å². The number of carboxylic acid groups (broad SMARTS) is 1. The molecular weight excluding hydrogens is 424 g/mol. The molecule has 1 amide bonds. The molecule has 5 rings (SSSR count). The van der Waals surface area contributed by atoms with E-state index in [2.05, 4.69) is 14.9 Å². The average Bonchev–Trinajstić information content (AvgIpc) is 3.53. The summed E-state index contributed by atoms with van der Waals surface area (Å²) in [7, 11) is 0. The number of fused-ring (bicyclic) bond motifs is 2. The molecule has 2 saturated heterocycles. The number of aliphatic hydroxyl groups excluding tert-OH is 1. The first-order chi connectivity index (χ1) is 16.0. The first-order valence-electron chi connectivity index (χ1n) is 11.8. The molecular formula is C24H34N4O5. The van der Waals surface area contributed by atoms with Crippen molar-refractivity contribution in [1.29, 1.82) is 0 Å². The minimum Gasteiger partial charge on any atom is -0.483 e. The number of benzene rings is 1. The lowest BCUT2D eigenvalue weighted by Gasteiger charge is -2.40. The molecule has 9 nitrogen and oxygen atoms in total. The zero-order valence-corrected chi connectivity index (χ0v) is 19.2. The molecule has 2 aromatic rings. The molecule has 0 radical (unpaired) electrons. The third-order valence-corrected chi connectivity index (χ3v) is 7.30. The lowest BCUT2D eigenvalue weighted by Crippen LogP contribution is -2.48. The van der Waals surface area contributed by atoms with E-state index in [-0.39, 0.29) is 31.1 Å². The molecule has 0 bridgehead atoms. The predicted octanol–water partition coefficient (Wildman–Crippen LogP) is 1.78. The van der Waals surface area contributed by atoms with E-state index in [0.29, 0.717) is 18.4 Å². The number of carbonyl (C=O) groups excluding carboxylic acids is 1. The van der Waals surface area contributed by atoms with Crippen LogP contribution in [0.15, 0.2) is 18.2 Å². The molecule has 1 aromatic carbocycles. The van der Waals surface area contributed by atoms with Crippen LogP contribution in [-0.4, -0.2) is 87.3 Å². The molecule has 1 saturated carbocycles. The smallest absolute Gasteiger partial charge is 0.290 e. The van der Waals surface area contributed by atoms with E-state index >= 15 is 0 Å². The first-order valence-corrected chi connectivity index (χ1v) is 11.8. The molecule has 9 heteroatoms. The molecule has 180 valence electrons. The van der Waals surface area contributed by atoms with Gasteiger partial charge in [-0.15, -0.1) is 0 Å². The minimum atomic E-state index is -0.257. The Labute approximate surface area is 193 Å². The number of hydrogen-bond acceptors (Lipinski definition) is 6. The first kappa shape index (κ1) is 23.7. The van der Waals surface area contributed by atoms with Crippen LogP contribution >= 0.6 is 0 Å². The molecule has 2 aliphatic heterocycles. The van der Waals surface area contributed by atoms with Crippen molar-refractivity contribution >= 4 is 23.4 Å². The summed E-state index contributed by atoms with van der Waals surface area (Å²) in [6.45, 7) is 5.93. The number of aliphatic hydroxyl groups is 1. The van der Waals surface area contributed by atoms with E-state index in [1.807, 2.05) is 30.0 Å². The summed E-state index contributed by atoms with van der Waals surface area (Å²) in [6.07, 6.45) is 4.05. The molecule has 1 aliphatic carbocycles. The van der Waals surface area contributed by atoms with Crippen molar-refractivity contribution in [1.82, 2.24) is 19.8 Å². The number of likely N-dealkylation sites (tertiary alicyclic amines) is 2. The Hall–Kier alpha value is -2.49.